The molecular weight excluding hydrogens is 406 g/mol. The standard InChI is InChI=1S/C18H10F6N2OS/c19-17(20,21)11-3-1-10(2-4-11)15(27)14(9-25)16(28)26-13-7-5-12(6-8-13)18(22,23)24/h1-8,14H,(H,26,28). The largest absolute Gasteiger partial charge is 0.416 e. The summed E-state index contributed by atoms with van der Waals surface area (Å²) in [6.45, 7) is 0. The molecule has 1 N–H and O–H groups in total. The predicted octanol–water partition coefficient (Wildman–Crippen LogP) is 5.49. The van der Waals surface area contributed by atoms with Crippen molar-refractivity contribution in [3.63, 3.8) is 0 Å². The molecule has 146 valence electrons. The fourth-order valence-electron chi connectivity index (χ4n) is 2.18. The van der Waals surface area contributed by atoms with E-state index in [1.807, 2.05) is 0 Å². The molecule has 0 bridgehead atoms. The zero-order valence-electron chi connectivity index (χ0n) is 13.7. The lowest BCUT2D eigenvalue weighted by molar-refractivity contribution is -0.138. The fourth-order valence-corrected chi connectivity index (χ4v) is 2.46. The normalized spacial score (nSPS) is 12.8. The van der Waals surface area contributed by atoms with Crippen LogP contribution in [-0.2, 0) is 12.4 Å². The average molecular weight is 416 g/mol. The minimum Gasteiger partial charge on any atom is -0.349 e. The third-order valence-electron chi connectivity index (χ3n) is 3.63. The Morgan fingerprint density at radius 3 is 1.71 bits per heavy atom. The molecular formula is C18H10F6N2OS. The predicted molar refractivity (Wildman–Crippen MR) is 92.5 cm³/mol. The molecule has 0 amide bonds. The highest BCUT2D eigenvalue weighted by atomic mass is 32.1. The first-order chi connectivity index (χ1) is 12.9. The van der Waals surface area contributed by atoms with Crippen LogP contribution in [0.5, 0.6) is 0 Å². The number of ketones is 1. The number of nitrogens with one attached hydrogen (secondary N) is 1. The molecule has 1 unspecified atom stereocenters. The van der Waals surface area contributed by atoms with Crippen molar-refractivity contribution in [2.75, 3.05) is 5.32 Å². The van der Waals surface area contributed by atoms with Gasteiger partial charge in [-0.05, 0) is 36.4 Å². The lowest BCUT2D eigenvalue weighted by atomic mass is 9.97. The molecule has 2 aromatic rings. The SMILES string of the molecule is N#CC(C(=O)c1ccc(C(F)(F)F)cc1)C(=S)Nc1ccc(C(F)(F)F)cc1. The molecule has 3 nitrogen and oxygen atoms in total. The lowest BCUT2D eigenvalue weighted by Gasteiger charge is -2.14. The number of anilines is 1. The molecule has 2 aromatic carbocycles. The minimum absolute atomic E-state index is 0.124. The van der Waals surface area contributed by atoms with Gasteiger partial charge in [0.15, 0.2) is 11.7 Å². The molecule has 0 aliphatic rings. The van der Waals surface area contributed by atoms with Crippen LogP contribution < -0.4 is 5.32 Å². The molecule has 1 atom stereocenters. The minimum atomic E-state index is -4.57. The molecule has 0 saturated heterocycles. The molecule has 0 aromatic heterocycles. The number of hydrogen-bond donors (Lipinski definition) is 1. The Bertz CT molecular complexity index is 912. The Morgan fingerprint density at radius 2 is 1.32 bits per heavy atom. The summed E-state index contributed by atoms with van der Waals surface area (Å²) in [7, 11) is 0. The van der Waals surface area contributed by atoms with Crippen molar-refractivity contribution in [2.45, 2.75) is 12.4 Å². The van der Waals surface area contributed by atoms with E-state index in [1.165, 1.54) is 0 Å². The molecule has 0 saturated carbocycles. The lowest BCUT2D eigenvalue weighted by Crippen LogP contribution is -2.27. The van der Waals surface area contributed by atoms with Crippen molar-refractivity contribution >= 4 is 28.7 Å². The van der Waals surface area contributed by atoms with Gasteiger partial charge in [0.25, 0.3) is 0 Å². The number of alkyl halides is 6. The van der Waals surface area contributed by atoms with Gasteiger partial charge in [-0.3, -0.25) is 4.79 Å². The maximum atomic E-state index is 12.6. The molecule has 10 heteroatoms. The van der Waals surface area contributed by atoms with Crippen molar-refractivity contribution < 1.29 is 31.1 Å². The molecule has 28 heavy (non-hydrogen) atoms. The number of rotatable bonds is 4. The highest BCUT2D eigenvalue weighted by Gasteiger charge is 2.32. The van der Waals surface area contributed by atoms with Gasteiger partial charge in [-0.1, -0.05) is 24.4 Å². The van der Waals surface area contributed by atoms with E-state index in [0.29, 0.717) is 12.1 Å². The van der Waals surface area contributed by atoms with Crippen LogP contribution in [0.2, 0.25) is 0 Å². The molecule has 0 aliphatic carbocycles. The van der Waals surface area contributed by atoms with Gasteiger partial charge in [0, 0.05) is 11.3 Å². The van der Waals surface area contributed by atoms with Gasteiger partial charge in [0.05, 0.1) is 17.2 Å². The zero-order chi connectivity index (χ0) is 21.1. The topological polar surface area (TPSA) is 52.9 Å². The van der Waals surface area contributed by atoms with Crippen molar-refractivity contribution in [3.05, 3.63) is 65.2 Å². The highest BCUT2D eigenvalue weighted by Crippen LogP contribution is 2.31. The average Bonchev–Trinajstić information content (AvgIpc) is 2.61. The summed E-state index contributed by atoms with van der Waals surface area (Å²) in [6, 6.07) is 8.65. The molecule has 0 radical (unpaired) electrons. The monoisotopic (exact) mass is 416 g/mol. The summed E-state index contributed by atoms with van der Waals surface area (Å²) in [5.41, 5.74) is -1.88. The first kappa shape index (κ1) is 21.4. The number of carbonyl (C=O) groups excluding carboxylic acids is 1. The van der Waals surface area contributed by atoms with Crippen LogP contribution >= 0.6 is 12.2 Å². The molecule has 0 spiro atoms. The summed E-state index contributed by atoms with van der Waals surface area (Å²) in [4.78, 5) is 12.1. The van der Waals surface area contributed by atoms with Gasteiger partial charge in [-0.25, -0.2) is 0 Å². The van der Waals surface area contributed by atoms with E-state index in [4.69, 9.17) is 12.2 Å². The Kier molecular flexibility index (Phi) is 6.09. The zero-order valence-corrected chi connectivity index (χ0v) is 14.5. The second-order valence-corrected chi connectivity index (χ2v) is 6.01. The van der Waals surface area contributed by atoms with Gasteiger partial charge >= 0.3 is 12.4 Å². The van der Waals surface area contributed by atoms with Crippen LogP contribution in [0.4, 0.5) is 32.0 Å². The van der Waals surface area contributed by atoms with Gasteiger partial charge in [-0.2, -0.15) is 31.6 Å². The number of benzene rings is 2. The second-order valence-electron chi connectivity index (χ2n) is 5.57. The van der Waals surface area contributed by atoms with E-state index < -0.39 is 35.2 Å². The van der Waals surface area contributed by atoms with Crippen LogP contribution in [0.3, 0.4) is 0 Å². The van der Waals surface area contributed by atoms with Gasteiger partial charge < -0.3 is 5.32 Å². The third kappa shape index (κ3) is 5.07. The summed E-state index contributed by atoms with van der Waals surface area (Å²) in [5.74, 6) is -2.35. The number of nitriles is 1. The van der Waals surface area contributed by atoms with Crippen molar-refractivity contribution in [1.82, 2.24) is 0 Å². The smallest absolute Gasteiger partial charge is 0.349 e. The molecule has 0 heterocycles. The van der Waals surface area contributed by atoms with Crippen molar-refractivity contribution in [3.8, 4) is 6.07 Å². The van der Waals surface area contributed by atoms with E-state index in [-0.39, 0.29) is 16.2 Å². The third-order valence-corrected chi connectivity index (χ3v) is 3.97. The number of carbonyl (C=O) groups is 1. The van der Waals surface area contributed by atoms with E-state index in [1.54, 1.807) is 6.07 Å². The first-order valence-corrected chi connectivity index (χ1v) is 7.93. The summed E-state index contributed by atoms with van der Waals surface area (Å²) in [5, 5.41) is 11.7. The van der Waals surface area contributed by atoms with E-state index in [0.717, 1.165) is 36.4 Å². The number of hydrogen-bond acceptors (Lipinski definition) is 3. The van der Waals surface area contributed by atoms with Crippen LogP contribution in [0.25, 0.3) is 0 Å². The Labute approximate surface area is 160 Å². The van der Waals surface area contributed by atoms with Gasteiger partial charge in [0.2, 0.25) is 0 Å². The summed E-state index contributed by atoms with van der Waals surface area (Å²) in [6.07, 6.45) is -9.09. The summed E-state index contributed by atoms with van der Waals surface area (Å²) < 4.78 is 75.4. The number of Topliss-reactive ketones (excluding diaryl/α,β-unsaturated/α-hetero) is 1. The number of thiocarbonyl (C=S) groups is 1. The Balaban J connectivity index is 2.15. The van der Waals surface area contributed by atoms with Gasteiger partial charge in [-0.15, -0.1) is 0 Å². The molecule has 0 aliphatic heterocycles. The summed E-state index contributed by atoms with van der Waals surface area (Å²) >= 11 is 4.97. The van der Waals surface area contributed by atoms with Crippen LogP contribution in [0, 0.1) is 17.2 Å². The Morgan fingerprint density at radius 1 is 0.893 bits per heavy atom. The highest BCUT2D eigenvalue weighted by molar-refractivity contribution is 7.80. The quantitative estimate of drug-likeness (QED) is 0.407. The van der Waals surface area contributed by atoms with Crippen LogP contribution in [-0.4, -0.2) is 10.8 Å². The van der Waals surface area contributed by atoms with E-state index in [2.05, 4.69) is 5.32 Å². The van der Waals surface area contributed by atoms with Crippen molar-refractivity contribution in [1.29, 1.82) is 5.26 Å². The van der Waals surface area contributed by atoms with E-state index in [9.17, 15) is 36.4 Å². The second kappa shape index (κ2) is 7.98. The van der Waals surface area contributed by atoms with Crippen molar-refractivity contribution in [2.24, 2.45) is 5.92 Å². The Hall–Kier alpha value is -2.93. The maximum Gasteiger partial charge on any atom is 0.416 e. The maximum absolute atomic E-state index is 12.6. The number of halogens is 6. The first-order valence-electron chi connectivity index (χ1n) is 7.52. The van der Waals surface area contributed by atoms with Gasteiger partial charge in [0.1, 0.15) is 4.99 Å². The van der Waals surface area contributed by atoms with Crippen LogP contribution in [0.15, 0.2) is 48.5 Å². The fraction of sp³-hybridized carbons (Fsp3) is 0.167. The number of nitrogens with zero attached hydrogens (tertiary/aromatic N) is 1. The van der Waals surface area contributed by atoms with Crippen LogP contribution in [0.1, 0.15) is 21.5 Å². The molecule has 0 fully saturated rings. The molecule has 2 rings (SSSR count). The van der Waals surface area contributed by atoms with E-state index >= 15 is 0 Å².